The van der Waals surface area contributed by atoms with Crippen molar-refractivity contribution in [1.82, 2.24) is 9.88 Å². The molecule has 2 atom stereocenters. The number of rotatable bonds is 4. The van der Waals surface area contributed by atoms with Gasteiger partial charge in [-0.25, -0.2) is 0 Å². The number of hydrogen-bond donors (Lipinski definition) is 1. The molecule has 1 N–H and O–H groups in total. The molecule has 7 heteroatoms. The zero-order valence-electron chi connectivity index (χ0n) is 15.0. The monoisotopic (exact) mass is 405 g/mol. The number of anilines is 1. The number of amides is 1. The number of aromatic nitrogens is 1. The van der Waals surface area contributed by atoms with Crippen molar-refractivity contribution in [2.24, 2.45) is 5.92 Å². The summed E-state index contributed by atoms with van der Waals surface area (Å²) in [5.41, 5.74) is 2.11. The fourth-order valence-electron chi connectivity index (χ4n) is 3.55. The third-order valence-electron chi connectivity index (χ3n) is 4.98. The number of carbonyl (C=O) groups excluding carboxylic acids is 1. The molecule has 1 amide bonds. The van der Waals surface area contributed by atoms with Crippen LogP contribution in [0.2, 0.25) is 5.02 Å². The predicted octanol–water partition coefficient (Wildman–Crippen LogP) is 4.63. The predicted molar refractivity (Wildman–Crippen MR) is 108 cm³/mol. The topological polar surface area (TPSA) is 58.4 Å². The molecule has 0 radical (unpaired) electrons. The number of benzene rings is 1. The van der Waals surface area contributed by atoms with E-state index in [1.165, 1.54) is 0 Å². The highest BCUT2D eigenvalue weighted by Crippen LogP contribution is 2.29. The normalized spacial score (nSPS) is 25.1. The highest BCUT2D eigenvalue weighted by Gasteiger charge is 2.30. The van der Waals surface area contributed by atoms with Crippen molar-refractivity contribution in [3.8, 4) is 0 Å². The molecule has 1 saturated heterocycles. The minimum atomic E-state index is -0.476. The van der Waals surface area contributed by atoms with Crippen LogP contribution in [0.25, 0.3) is 11.1 Å². The summed E-state index contributed by atoms with van der Waals surface area (Å²) in [5, 5.41) is 3.86. The van der Waals surface area contributed by atoms with Gasteiger partial charge < -0.3 is 14.6 Å². The zero-order chi connectivity index (χ0) is 19.0. The van der Waals surface area contributed by atoms with Crippen LogP contribution in [0.4, 0.5) is 6.01 Å². The van der Waals surface area contributed by atoms with Crippen molar-refractivity contribution in [1.29, 1.82) is 0 Å². The maximum absolute atomic E-state index is 12.7. The van der Waals surface area contributed by atoms with Crippen molar-refractivity contribution in [3.63, 3.8) is 0 Å². The molecule has 2 heterocycles. The smallest absolute Gasteiger partial charge is 0.295 e. The van der Waals surface area contributed by atoms with Crippen LogP contribution in [-0.4, -0.2) is 40.3 Å². The number of hydrogen-bond acceptors (Lipinski definition) is 4. The molecule has 0 bridgehead atoms. The van der Waals surface area contributed by atoms with E-state index >= 15 is 0 Å². The molecule has 2 aromatic rings. The second-order valence-electron chi connectivity index (χ2n) is 7.40. The lowest BCUT2D eigenvalue weighted by atomic mass is 9.96. The van der Waals surface area contributed by atoms with E-state index in [-0.39, 0.29) is 5.91 Å². The second-order valence-corrected chi connectivity index (χ2v) is 8.70. The highest BCUT2D eigenvalue weighted by atomic mass is 35.5. The van der Waals surface area contributed by atoms with Gasteiger partial charge in [-0.05, 0) is 37.8 Å². The Hall–Kier alpha value is -1.98. The van der Waals surface area contributed by atoms with Gasteiger partial charge in [-0.15, -0.1) is 11.6 Å². The van der Waals surface area contributed by atoms with Crippen LogP contribution in [0.3, 0.4) is 0 Å². The Morgan fingerprint density at radius 1 is 1.48 bits per heavy atom. The first kappa shape index (κ1) is 18.4. The van der Waals surface area contributed by atoms with E-state index in [1.807, 2.05) is 36.1 Å². The van der Waals surface area contributed by atoms with Crippen molar-refractivity contribution >= 4 is 46.2 Å². The quantitative estimate of drug-likeness (QED) is 0.753. The number of nitrogens with one attached hydrogen (secondary N) is 1. The van der Waals surface area contributed by atoms with Gasteiger partial charge in [-0.1, -0.05) is 29.8 Å². The van der Waals surface area contributed by atoms with Crippen LogP contribution < -0.4 is 5.32 Å². The van der Waals surface area contributed by atoms with Gasteiger partial charge in [0.1, 0.15) is 5.52 Å². The fraction of sp³-hybridized carbons (Fsp3) is 0.400. The Labute approximate surface area is 168 Å². The lowest BCUT2D eigenvalue weighted by molar-refractivity contribution is -0.125. The Kier molecular flexibility index (Phi) is 4.91. The number of fused-ring (bicyclic) bond motifs is 1. The first-order valence-electron chi connectivity index (χ1n) is 9.07. The summed E-state index contributed by atoms with van der Waals surface area (Å²) in [6.07, 6.45) is 7.40. The number of allylic oxidation sites excluding steroid dienone is 2. The molecule has 1 aliphatic carbocycles. The summed E-state index contributed by atoms with van der Waals surface area (Å²) in [7, 11) is 0. The average molecular weight is 406 g/mol. The zero-order valence-corrected chi connectivity index (χ0v) is 16.6. The molecule has 1 aromatic carbocycles. The molecule has 2 aliphatic rings. The summed E-state index contributed by atoms with van der Waals surface area (Å²) in [4.78, 5) is 18.6. The van der Waals surface area contributed by atoms with Gasteiger partial charge in [0.2, 0.25) is 0 Å². The summed E-state index contributed by atoms with van der Waals surface area (Å²) in [5.74, 6) is 0.403. The number of halogens is 2. The second kappa shape index (κ2) is 7.21. The number of nitrogens with zero attached hydrogens (tertiary/aromatic N) is 2. The van der Waals surface area contributed by atoms with Crippen LogP contribution in [0.15, 0.2) is 46.4 Å². The average Bonchev–Trinajstić information content (AvgIpc) is 3.24. The molecule has 4 rings (SSSR count). The van der Waals surface area contributed by atoms with Crippen molar-refractivity contribution < 1.29 is 9.21 Å². The molecule has 1 aliphatic heterocycles. The molecule has 0 spiro atoms. The Bertz CT molecular complexity index is 932. The molecule has 1 unspecified atom stereocenters. The first-order chi connectivity index (χ1) is 12.9. The Balaban J connectivity index is 1.35. The van der Waals surface area contributed by atoms with Crippen molar-refractivity contribution in [2.45, 2.75) is 24.6 Å². The van der Waals surface area contributed by atoms with E-state index in [0.29, 0.717) is 41.2 Å². The standard InChI is InChI=1S/C20H21Cl2N3O2/c1-20(22)7-2-3-14(10-20)18(26)25-8-6-13(12-25)11-23-19-24-16-5-4-15(21)9-17(16)27-19/h2-5,9-10,13H,6-8,11-12H2,1H3,(H,23,24)/t13-,20?/m0/s1. The van der Waals surface area contributed by atoms with E-state index in [0.717, 1.165) is 24.9 Å². The highest BCUT2D eigenvalue weighted by molar-refractivity contribution is 6.31. The molecular weight excluding hydrogens is 385 g/mol. The van der Waals surface area contributed by atoms with Gasteiger partial charge >= 0.3 is 0 Å². The Morgan fingerprint density at radius 3 is 3.15 bits per heavy atom. The summed E-state index contributed by atoms with van der Waals surface area (Å²) >= 11 is 12.3. The number of likely N-dealkylation sites (tertiary alicyclic amines) is 1. The van der Waals surface area contributed by atoms with Gasteiger partial charge in [0.05, 0.1) is 4.87 Å². The van der Waals surface area contributed by atoms with E-state index < -0.39 is 4.87 Å². The molecule has 27 heavy (non-hydrogen) atoms. The summed E-state index contributed by atoms with van der Waals surface area (Å²) in [6.45, 7) is 4.09. The number of oxazole rings is 1. The van der Waals surface area contributed by atoms with Crippen LogP contribution >= 0.6 is 23.2 Å². The molecule has 142 valence electrons. The minimum Gasteiger partial charge on any atom is -0.424 e. The molecule has 1 aromatic heterocycles. The van der Waals surface area contributed by atoms with E-state index in [2.05, 4.69) is 10.3 Å². The van der Waals surface area contributed by atoms with Gasteiger partial charge in [0.15, 0.2) is 5.58 Å². The van der Waals surface area contributed by atoms with E-state index in [1.54, 1.807) is 12.1 Å². The minimum absolute atomic E-state index is 0.0526. The van der Waals surface area contributed by atoms with Crippen LogP contribution in [0.1, 0.15) is 19.8 Å². The summed E-state index contributed by atoms with van der Waals surface area (Å²) < 4.78 is 5.68. The summed E-state index contributed by atoms with van der Waals surface area (Å²) in [6, 6.07) is 5.85. The SMILES string of the molecule is CC1(Cl)C=C(C(=O)N2CC[C@@H](CNc3nc4ccc(Cl)cc4o3)C2)C=CC1. The largest absolute Gasteiger partial charge is 0.424 e. The number of carbonyl (C=O) groups is 1. The number of alkyl halides is 1. The molecule has 0 saturated carbocycles. The van der Waals surface area contributed by atoms with Gasteiger partial charge in [-0.3, -0.25) is 4.79 Å². The van der Waals surface area contributed by atoms with Crippen molar-refractivity contribution in [2.75, 3.05) is 25.0 Å². The maximum atomic E-state index is 12.7. The van der Waals surface area contributed by atoms with Crippen LogP contribution in [-0.2, 0) is 4.79 Å². The van der Waals surface area contributed by atoms with E-state index in [4.69, 9.17) is 27.6 Å². The maximum Gasteiger partial charge on any atom is 0.295 e. The molecule has 5 nitrogen and oxygen atoms in total. The molecule has 1 fully saturated rings. The Morgan fingerprint density at radius 2 is 2.33 bits per heavy atom. The lowest BCUT2D eigenvalue weighted by Crippen LogP contribution is -2.32. The van der Waals surface area contributed by atoms with Crippen LogP contribution in [0, 0.1) is 5.92 Å². The van der Waals surface area contributed by atoms with E-state index in [9.17, 15) is 4.79 Å². The third-order valence-corrected chi connectivity index (χ3v) is 5.48. The molecular formula is C20H21Cl2N3O2. The third kappa shape index (κ3) is 4.14. The van der Waals surface area contributed by atoms with Gasteiger partial charge in [-0.2, -0.15) is 4.98 Å². The van der Waals surface area contributed by atoms with Gasteiger partial charge in [0, 0.05) is 36.3 Å². The lowest BCUT2D eigenvalue weighted by Gasteiger charge is -2.23. The van der Waals surface area contributed by atoms with Crippen LogP contribution in [0.5, 0.6) is 0 Å². The fourth-order valence-corrected chi connectivity index (χ4v) is 3.92. The first-order valence-corrected chi connectivity index (χ1v) is 9.83. The van der Waals surface area contributed by atoms with Crippen molar-refractivity contribution in [3.05, 3.63) is 47.0 Å². The van der Waals surface area contributed by atoms with Gasteiger partial charge in [0.25, 0.3) is 11.9 Å².